The van der Waals surface area contributed by atoms with Crippen LogP contribution >= 0.6 is 0 Å². The number of benzene rings is 1. The molecule has 0 bridgehead atoms. The van der Waals surface area contributed by atoms with E-state index in [9.17, 15) is 19.5 Å². The fraction of sp³-hybridized carbons (Fsp3) is 0.400. The number of rotatable bonds is 6. The van der Waals surface area contributed by atoms with Crippen LogP contribution in [0.2, 0.25) is 0 Å². The zero-order chi connectivity index (χ0) is 24.4. The number of methoxy groups -OCH3 is 1. The molecule has 0 unspecified atom stereocenters. The van der Waals surface area contributed by atoms with Gasteiger partial charge in [0.15, 0.2) is 0 Å². The van der Waals surface area contributed by atoms with Crippen LogP contribution in [0, 0.1) is 13.8 Å². The van der Waals surface area contributed by atoms with Crippen LogP contribution in [0.15, 0.2) is 35.9 Å². The van der Waals surface area contributed by atoms with E-state index in [2.05, 4.69) is 9.88 Å². The maximum Gasteiger partial charge on any atom is 0.354 e. The van der Waals surface area contributed by atoms with Crippen molar-refractivity contribution in [3.05, 3.63) is 64.0 Å². The third-order valence-electron chi connectivity index (χ3n) is 6.48. The number of carbonyl (C=O) groups is 3. The lowest BCUT2D eigenvalue weighted by atomic mass is 9.94. The molecule has 0 aliphatic carbocycles. The van der Waals surface area contributed by atoms with E-state index in [4.69, 9.17) is 9.47 Å². The van der Waals surface area contributed by atoms with Crippen molar-refractivity contribution < 1.29 is 29.0 Å². The summed E-state index contributed by atoms with van der Waals surface area (Å²) in [6.07, 6.45) is 0. The molecule has 0 radical (unpaired) electrons. The molecule has 2 N–H and O–H groups in total. The molecule has 180 valence electrons. The van der Waals surface area contributed by atoms with Crippen molar-refractivity contribution in [1.29, 1.82) is 0 Å². The Morgan fingerprint density at radius 1 is 1.15 bits per heavy atom. The number of morpholine rings is 1. The van der Waals surface area contributed by atoms with Crippen LogP contribution in [-0.4, -0.2) is 84.1 Å². The highest BCUT2D eigenvalue weighted by atomic mass is 16.5. The standard InChI is InChI=1S/C25H29N3O6/c1-15-18(16(2)26-20(15)25(32)33-3)22(29)19-21(17-7-5-4-6-8-17)28(24(31)23(19)30)10-9-27-11-13-34-14-12-27/h4-8,21,26,29H,9-14H2,1-3H3/b22-19+/t21-/m1/s1. The number of aromatic nitrogens is 1. The third-order valence-corrected chi connectivity index (χ3v) is 6.48. The number of carbonyl (C=O) groups excluding carboxylic acids is 3. The SMILES string of the molecule is COC(=O)c1[nH]c(C)c(/C(O)=C2\C(=O)C(=O)N(CCN3CCOCC3)[C@@H]2c2ccccc2)c1C. The second kappa shape index (κ2) is 9.82. The van der Waals surface area contributed by atoms with Gasteiger partial charge in [0, 0.05) is 37.4 Å². The van der Waals surface area contributed by atoms with Crippen molar-refractivity contribution in [2.75, 3.05) is 46.5 Å². The summed E-state index contributed by atoms with van der Waals surface area (Å²) in [6, 6.07) is 8.45. The van der Waals surface area contributed by atoms with Gasteiger partial charge >= 0.3 is 5.97 Å². The lowest BCUT2D eigenvalue weighted by molar-refractivity contribution is -0.140. The van der Waals surface area contributed by atoms with Crippen LogP contribution in [0.4, 0.5) is 0 Å². The average Bonchev–Trinajstić information content (AvgIpc) is 3.30. The van der Waals surface area contributed by atoms with Gasteiger partial charge in [-0.15, -0.1) is 0 Å². The maximum atomic E-state index is 13.2. The molecule has 4 rings (SSSR count). The summed E-state index contributed by atoms with van der Waals surface area (Å²) < 4.78 is 10.2. The molecule has 1 aromatic heterocycles. The molecule has 1 aromatic carbocycles. The number of nitrogens with zero attached hydrogens (tertiary/aromatic N) is 2. The molecule has 34 heavy (non-hydrogen) atoms. The number of aromatic amines is 1. The number of amides is 1. The Hall–Kier alpha value is -3.43. The van der Waals surface area contributed by atoms with E-state index in [1.807, 2.05) is 30.3 Å². The van der Waals surface area contributed by atoms with Gasteiger partial charge in [-0.2, -0.15) is 0 Å². The van der Waals surface area contributed by atoms with Gasteiger partial charge < -0.3 is 24.5 Å². The molecule has 0 saturated carbocycles. The topological polar surface area (TPSA) is 112 Å². The molecule has 2 aromatic rings. The number of hydrogen-bond acceptors (Lipinski definition) is 7. The smallest absolute Gasteiger partial charge is 0.354 e. The summed E-state index contributed by atoms with van der Waals surface area (Å²) in [7, 11) is 1.27. The molecule has 2 aliphatic rings. The van der Waals surface area contributed by atoms with E-state index in [1.54, 1.807) is 13.8 Å². The van der Waals surface area contributed by atoms with Crippen LogP contribution in [-0.2, 0) is 19.1 Å². The number of ketones is 1. The molecule has 2 saturated heterocycles. The number of aryl methyl sites for hydroxylation is 1. The van der Waals surface area contributed by atoms with Gasteiger partial charge in [0.25, 0.3) is 11.7 Å². The van der Waals surface area contributed by atoms with Gasteiger partial charge in [-0.25, -0.2) is 4.79 Å². The lowest BCUT2D eigenvalue weighted by Crippen LogP contribution is -2.42. The summed E-state index contributed by atoms with van der Waals surface area (Å²) in [5, 5.41) is 11.4. The van der Waals surface area contributed by atoms with Crippen molar-refractivity contribution in [3.63, 3.8) is 0 Å². The van der Waals surface area contributed by atoms with Crippen LogP contribution in [0.3, 0.4) is 0 Å². The molecule has 9 heteroatoms. The van der Waals surface area contributed by atoms with Crippen LogP contribution in [0.5, 0.6) is 0 Å². The van der Waals surface area contributed by atoms with Crippen molar-refractivity contribution in [2.24, 2.45) is 0 Å². The highest BCUT2D eigenvalue weighted by Gasteiger charge is 2.46. The molecule has 1 amide bonds. The third kappa shape index (κ3) is 4.24. The van der Waals surface area contributed by atoms with Crippen LogP contribution in [0.25, 0.3) is 5.76 Å². The molecule has 3 heterocycles. The number of esters is 1. The number of H-pyrrole nitrogens is 1. The van der Waals surface area contributed by atoms with Crippen molar-refractivity contribution in [3.8, 4) is 0 Å². The summed E-state index contributed by atoms with van der Waals surface area (Å²) in [5.74, 6) is -2.27. The quantitative estimate of drug-likeness (QED) is 0.290. The van der Waals surface area contributed by atoms with Crippen LogP contribution in [0.1, 0.15) is 38.9 Å². The maximum absolute atomic E-state index is 13.2. The van der Waals surface area contributed by atoms with Gasteiger partial charge in [0.1, 0.15) is 11.5 Å². The van der Waals surface area contributed by atoms with Crippen molar-refractivity contribution in [1.82, 2.24) is 14.8 Å². The first-order valence-corrected chi connectivity index (χ1v) is 11.3. The lowest BCUT2D eigenvalue weighted by Gasteiger charge is -2.31. The number of aliphatic hydroxyl groups excluding tert-OH is 1. The van der Waals surface area contributed by atoms with E-state index >= 15 is 0 Å². The minimum atomic E-state index is -0.743. The molecule has 9 nitrogen and oxygen atoms in total. The summed E-state index contributed by atoms with van der Waals surface area (Å²) >= 11 is 0. The van der Waals surface area contributed by atoms with Gasteiger partial charge in [0.05, 0.1) is 31.9 Å². The number of hydrogen-bond donors (Lipinski definition) is 2. The van der Waals surface area contributed by atoms with Crippen LogP contribution < -0.4 is 0 Å². The Bertz CT molecular complexity index is 1130. The number of Topliss-reactive ketones (excluding diaryl/α,β-unsaturated/α-hetero) is 1. The first-order chi connectivity index (χ1) is 16.3. The van der Waals surface area contributed by atoms with E-state index in [0.29, 0.717) is 43.1 Å². The highest BCUT2D eigenvalue weighted by molar-refractivity contribution is 6.46. The molecule has 2 fully saturated rings. The van der Waals surface area contributed by atoms with Gasteiger partial charge in [-0.05, 0) is 25.0 Å². The van der Waals surface area contributed by atoms with E-state index in [1.165, 1.54) is 12.0 Å². The molecular weight excluding hydrogens is 438 g/mol. The van der Waals surface area contributed by atoms with Gasteiger partial charge in [-0.1, -0.05) is 30.3 Å². The van der Waals surface area contributed by atoms with Gasteiger partial charge in [-0.3, -0.25) is 14.5 Å². The fourth-order valence-corrected chi connectivity index (χ4v) is 4.71. The second-order valence-corrected chi connectivity index (χ2v) is 8.47. The van der Waals surface area contributed by atoms with E-state index in [-0.39, 0.29) is 17.0 Å². The summed E-state index contributed by atoms with van der Waals surface area (Å²) in [4.78, 5) is 45.2. The first-order valence-electron chi connectivity index (χ1n) is 11.3. The Morgan fingerprint density at radius 3 is 2.47 bits per heavy atom. The summed E-state index contributed by atoms with van der Waals surface area (Å²) in [5.41, 5.74) is 2.21. The highest BCUT2D eigenvalue weighted by Crippen LogP contribution is 2.40. The monoisotopic (exact) mass is 467 g/mol. The minimum absolute atomic E-state index is 0.0137. The van der Waals surface area contributed by atoms with E-state index in [0.717, 1.165) is 18.7 Å². The normalized spacial score (nSPS) is 20.7. The molecule has 0 spiro atoms. The molecular formula is C25H29N3O6. The first kappa shape index (κ1) is 23.7. The largest absolute Gasteiger partial charge is 0.507 e. The minimum Gasteiger partial charge on any atom is -0.507 e. The number of nitrogens with one attached hydrogen (secondary N) is 1. The zero-order valence-electron chi connectivity index (χ0n) is 19.6. The van der Waals surface area contributed by atoms with Crippen molar-refractivity contribution in [2.45, 2.75) is 19.9 Å². The Balaban J connectivity index is 1.78. The number of likely N-dealkylation sites (tertiary alicyclic amines) is 1. The average molecular weight is 468 g/mol. The van der Waals surface area contributed by atoms with Crippen molar-refractivity contribution >= 4 is 23.4 Å². The Kier molecular flexibility index (Phi) is 6.85. The fourth-order valence-electron chi connectivity index (χ4n) is 4.71. The summed E-state index contributed by atoms with van der Waals surface area (Å²) in [6.45, 7) is 7.08. The Labute approximate surface area is 197 Å². The molecule has 2 aliphatic heterocycles. The zero-order valence-corrected chi connectivity index (χ0v) is 19.6. The Morgan fingerprint density at radius 2 is 1.82 bits per heavy atom. The van der Waals surface area contributed by atoms with Gasteiger partial charge in [0.2, 0.25) is 0 Å². The number of aliphatic hydroxyl groups is 1. The van der Waals surface area contributed by atoms with E-state index < -0.39 is 23.7 Å². The predicted molar refractivity (Wildman–Crippen MR) is 124 cm³/mol. The number of ether oxygens (including phenoxy) is 2. The predicted octanol–water partition coefficient (Wildman–Crippen LogP) is 2.17. The second-order valence-electron chi connectivity index (χ2n) is 8.47. The molecule has 1 atom stereocenters.